The molecule has 3 rings (SSSR count). The van der Waals surface area contributed by atoms with E-state index in [9.17, 15) is 4.79 Å². The van der Waals surface area contributed by atoms with Gasteiger partial charge in [0, 0.05) is 6.07 Å². The van der Waals surface area contributed by atoms with E-state index in [4.69, 9.17) is 25.8 Å². The number of hydrogen-bond donors (Lipinski definition) is 1. The molecule has 1 heterocycles. The number of urea groups is 1. The number of nitrogens with one attached hydrogen (secondary N) is 1. The zero-order valence-corrected chi connectivity index (χ0v) is 15.7. The first-order chi connectivity index (χ1) is 12.6. The molecule has 0 aromatic heterocycles. The number of rotatable bonds is 4. The second kappa shape index (κ2) is 7.74. The van der Waals surface area contributed by atoms with Gasteiger partial charge < -0.3 is 19.5 Å². The summed E-state index contributed by atoms with van der Waals surface area (Å²) in [6.45, 7) is 2.49. The fraction of sp³-hybridized carbons (Fsp3) is 0.316. The second-order valence-electron chi connectivity index (χ2n) is 5.84. The van der Waals surface area contributed by atoms with Crippen LogP contribution in [0.4, 0.5) is 16.2 Å². The fourth-order valence-corrected chi connectivity index (χ4v) is 3.08. The normalized spacial score (nSPS) is 15.7. The van der Waals surface area contributed by atoms with Crippen LogP contribution in [0.3, 0.4) is 0 Å². The molecule has 1 atom stereocenters. The Morgan fingerprint density at radius 3 is 2.69 bits per heavy atom. The number of halogens is 1. The van der Waals surface area contributed by atoms with Crippen LogP contribution < -0.4 is 24.4 Å². The minimum Gasteiger partial charge on any atom is -0.495 e. The summed E-state index contributed by atoms with van der Waals surface area (Å²) in [4.78, 5) is 14.6. The molecule has 1 aliphatic rings. The highest BCUT2D eigenvalue weighted by atomic mass is 35.5. The summed E-state index contributed by atoms with van der Waals surface area (Å²) >= 11 is 6.19. The van der Waals surface area contributed by atoms with Crippen molar-refractivity contribution in [2.45, 2.75) is 19.4 Å². The maximum Gasteiger partial charge on any atom is 0.326 e. The highest BCUT2D eigenvalue weighted by Crippen LogP contribution is 2.37. The minimum absolute atomic E-state index is 0.0583. The average Bonchev–Trinajstić information content (AvgIpc) is 2.67. The van der Waals surface area contributed by atoms with Crippen molar-refractivity contribution >= 4 is 29.0 Å². The monoisotopic (exact) mass is 376 g/mol. The van der Waals surface area contributed by atoms with Gasteiger partial charge in [-0.2, -0.15) is 0 Å². The molecule has 2 aromatic carbocycles. The Balaban J connectivity index is 1.90. The minimum atomic E-state index is -0.279. The number of amides is 2. The van der Waals surface area contributed by atoms with Crippen molar-refractivity contribution in [3.05, 3.63) is 41.4 Å². The van der Waals surface area contributed by atoms with Gasteiger partial charge in [-0.05, 0) is 24.6 Å². The molecule has 1 N–H and O–H groups in total. The molecule has 138 valence electrons. The predicted molar refractivity (Wildman–Crippen MR) is 102 cm³/mol. The van der Waals surface area contributed by atoms with Gasteiger partial charge in [0.15, 0.2) is 0 Å². The lowest BCUT2D eigenvalue weighted by atomic mass is 10.1. The number of para-hydroxylation sites is 2. The Labute approximate surface area is 157 Å². The Morgan fingerprint density at radius 1 is 1.27 bits per heavy atom. The number of anilines is 2. The number of carbonyl (C=O) groups excluding carboxylic acids is 1. The first-order valence-electron chi connectivity index (χ1n) is 8.33. The van der Waals surface area contributed by atoms with Crippen LogP contribution in [-0.4, -0.2) is 32.9 Å². The van der Waals surface area contributed by atoms with Crippen molar-refractivity contribution in [3.63, 3.8) is 0 Å². The molecule has 0 unspecified atom stereocenters. The molecule has 1 aliphatic heterocycles. The number of fused-ring (bicyclic) bond motifs is 1. The van der Waals surface area contributed by atoms with Gasteiger partial charge in [0.05, 0.1) is 37.2 Å². The molecule has 0 fully saturated rings. The summed E-state index contributed by atoms with van der Waals surface area (Å²) in [6.07, 6.45) is 0.743. The molecule has 0 radical (unpaired) electrons. The van der Waals surface area contributed by atoms with E-state index in [1.165, 1.54) is 14.2 Å². The van der Waals surface area contributed by atoms with Gasteiger partial charge in [0.2, 0.25) is 0 Å². The van der Waals surface area contributed by atoms with Gasteiger partial charge in [-0.3, -0.25) is 4.90 Å². The molecule has 2 aromatic rings. The van der Waals surface area contributed by atoms with Crippen LogP contribution in [0.2, 0.25) is 5.02 Å². The Bertz CT molecular complexity index is 812. The third-order valence-electron chi connectivity index (χ3n) is 4.25. The number of nitrogens with zero attached hydrogens (tertiary/aromatic N) is 1. The average molecular weight is 377 g/mol. The lowest BCUT2D eigenvalue weighted by Gasteiger charge is -2.34. The SMILES string of the molecule is CC[C@H]1CN(C(=O)Nc2cc(Cl)c(OC)cc2OC)c2ccccc2O1. The van der Waals surface area contributed by atoms with E-state index in [0.29, 0.717) is 34.5 Å². The van der Waals surface area contributed by atoms with Gasteiger partial charge in [-0.1, -0.05) is 30.7 Å². The third-order valence-corrected chi connectivity index (χ3v) is 4.55. The standard InChI is InChI=1S/C19H21ClN2O4/c1-4-12-11-22(15-7-5-6-8-16(15)26-12)19(23)21-14-9-13(20)17(24-2)10-18(14)25-3/h5-10,12H,4,11H2,1-3H3,(H,21,23)/t12-/m0/s1. The van der Waals surface area contributed by atoms with Crippen LogP contribution in [0.5, 0.6) is 17.2 Å². The Kier molecular flexibility index (Phi) is 5.42. The summed E-state index contributed by atoms with van der Waals surface area (Å²) in [5.74, 6) is 1.64. The maximum absolute atomic E-state index is 13.0. The summed E-state index contributed by atoms with van der Waals surface area (Å²) < 4.78 is 16.5. The molecule has 0 saturated carbocycles. The number of methoxy groups -OCH3 is 2. The van der Waals surface area contributed by atoms with Crippen LogP contribution in [0, 0.1) is 0 Å². The largest absolute Gasteiger partial charge is 0.495 e. The third kappa shape index (κ3) is 3.51. The van der Waals surface area contributed by atoms with E-state index in [0.717, 1.165) is 12.1 Å². The Morgan fingerprint density at radius 2 is 2.00 bits per heavy atom. The van der Waals surface area contributed by atoms with Crippen molar-refractivity contribution in [1.29, 1.82) is 0 Å². The quantitative estimate of drug-likeness (QED) is 0.849. The number of ether oxygens (including phenoxy) is 3. The van der Waals surface area contributed by atoms with E-state index in [-0.39, 0.29) is 12.1 Å². The van der Waals surface area contributed by atoms with Crippen LogP contribution in [0.1, 0.15) is 13.3 Å². The number of benzene rings is 2. The van der Waals surface area contributed by atoms with Crippen LogP contribution in [0.25, 0.3) is 0 Å². The molecule has 7 heteroatoms. The lowest BCUT2D eigenvalue weighted by molar-refractivity contribution is 0.188. The second-order valence-corrected chi connectivity index (χ2v) is 6.25. The first kappa shape index (κ1) is 18.2. The summed E-state index contributed by atoms with van der Waals surface area (Å²) in [6, 6.07) is 10.5. The van der Waals surface area contributed by atoms with Gasteiger partial charge in [-0.15, -0.1) is 0 Å². The molecule has 26 heavy (non-hydrogen) atoms. The van der Waals surface area contributed by atoms with Gasteiger partial charge in [0.1, 0.15) is 23.4 Å². The molecular formula is C19H21ClN2O4. The van der Waals surface area contributed by atoms with Crippen molar-refractivity contribution in [2.24, 2.45) is 0 Å². The smallest absolute Gasteiger partial charge is 0.326 e. The molecule has 0 saturated heterocycles. The van der Waals surface area contributed by atoms with Gasteiger partial charge in [0.25, 0.3) is 0 Å². The van der Waals surface area contributed by atoms with E-state index >= 15 is 0 Å². The highest BCUT2D eigenvalue weighted by Gasteiger charge is 2.29. The summed E-state index contributed by atoms with van der Waals surface area (Å²) in [5.41, 5.74) is 1.20. The van der Waals surface area contributed by atoms with E-state index in [1.54, 1.807) is 17.0 Å². The van der Waals surface area contributed by atoms with E-state index in [1.807, 2.05) is 31.2 Å². The van der Waals surface area contributed by atoms with Crippen molar-refractivity contribution in [1.82, 2.24) is 0 Å². The van der Waals surface area contributed by atoms with Gasteiger partial charge in [-0.25, -0.2) is 4.79 Å². The van der Waals surface area contributed by atoms with Crippen LogP contribution in [0.15, 0.2) is 36.4 Å². The molecule has 0 spiro atoms. The zero-order valence-electron chi connectivity index (χ0n) is 14.9. The molecule has 0 bridgehead atoms. The highest BCUT2D eigenvalue weighted by molar-refractivity contribution is 6.32. The molecule has 0 aliphatic carbocycles. The fourth-order valence-electron chi connectivity index (χ4n) is 2.84. The maximum atomic E-state index is 13.0. The zero-order chi connectivity index (χ0) is 18.7. The molecular weight excluding hydrogens is 356 g/mol. The first-order valence-corrected chi connectivity index (χ1v) is 8.70. The van der Waals surface area contributed by atoms with Crippen LogP contribution >= 0.6 is 11.6 Å². The van der Waals surface area contributed by atoms with Crippen molar-refractivity contribution in [2.75, 3.05) is 31.0 Å². The Hall–Kier alpha value is -2.60. The van der Waals surface area contributed by atoms with E-state index < -0.39 is 0 Å². The molecule has 6 nitrogen and oxygen atoms in total. The van der Waals surface area contributed by atoms with Gasteiger partial charge >= 0.3 is 6.03 Å². The van der Waals surface area contributed by atoms with E-state index in [2.05, 4.69) is 5.32 Å². The summed E-state index contributed by atoms with van der Waals surface area (Å²) in [7, 11) is 3.05. The predicted octanol–water partition coefficient (Wildman–Crippen LogP) is 4.57. The number of carbonyl (C=O) groups is 1. The van der Waals surface area contributed by atoms with Crippen LogP contribution in [-0.2, 0) is 0 Å². The summed E-state index contributed by atoms with van der Waals surface area (Å²) in [5, 5.41) is 3.26. The van der Waals surface area contributed by atoms with Crippen molar-refractivity contribution < 1.29 is 19.0 Å². The number of hydrogen-bond acceptors (Lipinski definition) is 4. The molecule has 2 amide bonds. The topological polar surface area (TPSA) is 60.0 Å². The lowest BCUT2D eigenvalue weighted by Crippen LogP contribution is -2.45. The van der Waals surface area contributed by atoms with Crippen molar-refractivity contribution in [3.8, 4) is 17.2 Å².